The van der Waals surface area contributed by atoms with Gasteiger partial charge in [-0.2, -0.15) is 0 Å². The van der Waals surface area contributed by atoms with Crippen molar-refractivity contribution in [3.8, 4) is 0 Å². The van der Waals surface area contributed by atoms with Gasteiger partial charge in [0.15, 0.2) is 0 Å². The molecule has 20 heavy (non-hydrogen) atoms. The van der Waals surface area contributed by atoms with E-state index in [1.807, 2.05) is 6.07 Å². The van der Waals surface area contributed by atoms with E-state index in [0.717, 1.165) is 18.5 Å². The summed E-state index contributed by atoms with van der Waals surface area (Å²) in [5.41, 5.74) is 1.47. The van der Waals surface area contributed by atoms with Crippen molar-refractivity contribution in [2.24, 2.45) is 5.41 Å². The van der Waals surface area contributed by atoms with Crippen LogP contribution in [0.15, 0.2) is 24.3 Å². The van der Waals surface area contributed by atoms with Crippen molar-refractivity contribution < 1.29 is 4.39 Å². The van der Waals surface area contributed by atoms with E-state index >= 15 is 0 Å². The summed E-state index contributed by atoms with van der Waals surface area (Å²) in [6.07, 6.45) is 3.39. The van der Waals surface area contributed by atoms with Gasteiger partial charge in [0, 0.05) is 12.6 Å². The topological polar surface area (TPSA) is 15.3 Å². The lowest BCUT2D eigenvalue weighted by Gasteiger charge is -2.38. The SMILES string of the molecule is CC(Cc1cccc(F)c1)NCC1(C)CCN(C)CC1. The summed E-state index contributed by atoms with van der Waals surface area (Å²) in [7, 11) is 2.19. The molecule has 0 saturated carbocycles. The molecule has 0 bridgehead atoms. The van der Waals surface area contributed by atoms with Crippen LogP contribution in [0, 0.1) is 11.2 Å². The molecule has 1 atom stereocenters. The first kappa shape index (κ1) is 15.5. The molecule has 1 saturated heterocycles. The van der Waals surface area contributed by atoms with Crippen LogP contribution >= 0.6 is 0 Å². The first-order valence-electron chi connectivity index (χ1n) is 7.63. The normalized spacial score (nSPS) is 20.8. The van der Waals surface area contributed by atoms with E-state index in [1.54, 1.807) is 12.1 Å². The molecule has 2 nitrogen and oxygen atoms in total. The second-order valence-corrected chi connectivity index (χ2v) is 6.73. The van der Waals surface area contributed by atoms with Gasteiger partial charge in [-0.1, -0.05) is 19.1 Å². The van der Waals surface area contributed by atoms with Gasteiger partial charge in [-0.3, -0.25) is 0 Å². The van der Waals surface area contributed by atoms with Crippen molar-refractivity contribution >= 4 is 0 Å². The van der Waals surface area contributed by atoms with E-state index in [2.05, 4.69) is 31.1 Å². The van der Waals surface area contributed by atoms with E-state index in [9.17, 15) is 4.39 Å². The highest BCUT2D eigenvalue weighted by Crippen LogP contribution is 2.29. The maximum atomic E-state index is 13.2. The van der Waals surface area contributed by atoms with Gasteiger partial charge < -0.3 is 10.2 Å². The number of piperidine rings is 1. The van der Waals surface area contributed by atoms with Gasteiger partial charge in [0.25, 0.3) is 0 Å². The van der Waals surface area contributed by atoms with Crippen molar-refractivity contribution in [1.82, 2.24) is 10.2 Å². The van der Waals surface area contributed by atoms with Crippen molar-refractivity contribution in [2.45, 2.75) is 39.2 Å². The lowest BCUT2D eigenvalue weighted by Crippen LogP contribution is -2.44. The van der Waals surface area contributed by atoms with E-state index in [1.165, 1.54) is 32.0 Å². The van der Waals surface area contributed by atoms with Gasteiger partial charge in [0.1, 0.15) is 5.82 Å². The molecule has 1 aromatic carbocycles. The predicted molar refractivity (Wildman–Crippen MR) is 82.4 cm³/mol. The molecule has 3 heteroatoms. The Labute approximate surface area is 122 Å². The summed E-state index contributed by atoms with van der Waals surface area (Å²) in [4.78, 5) is 2.40. The minimum absolute atomic E-state index is 0.142. The Morgan fingerprint density at radius 2 is 2.05 bits per heavy atom. The highest BCUT2D eigenvalue weighted by molar-refractivity contribution is 5.17. The minimum atomic E-state index is -0.142. The molecule has 1 aliphatic rings. The summed E-state index contributed by atoms with van der Waals surface area (Å²) in [6, 6.07) is 7.30. The van der Waals surface area contributed by atoms with Crippen LogP contribution in [-0.2, 0) is 6.42 Å². The Morgan fingerprint density at radius 1 is 1.35 bits per heavy atom. The van der Waals surface area contributed by atoms with E-state index < -0.39 is 0 Å². The number of halogens is 1. The Bertz CT molecular complexity index is 425. The van der Waals surface area contributed by atoms with Crippen molar-refractivity contribution in [3.63, 3.8) is 0 Å². The van der Waals surface area contributed by atoms with Gasteiger partial charge in [0.05, 0.1) is 0 Å². The average Bonchev–Trinajstić information content (AvgIpc) is 2.41. The fraction of sp³-hybridized carbons (Fsp3) is 0.647. The van der Waals surface area contributed by atoms with E-state index in [-0.39, 0.29) is 5.82 Å². The third-order valence-corrected chi connectivity index (χ3v) is 4.50. The molecule has 0 spiro atoms. The molecule has 112 valence electrons. The Balaban J connectivity index is 1.79. The van der Waals surface area contributed by atoms with Crippen LogP contribution in [0.1, 0.15) is 32.3 Å². The lowest BCUT2D eigenvalue weighted by molar-refractivity contribution is 0.134. The van der Waals surface area contributed by atoms with Crippen molar-refractivity contribution in [3.05, 3.63) is 35.6 Å². The van der Waals surface area contributed by atoms with Crippen LogP contribution < -0.4 is 5.32 Å². The summed E-state index contributed by atoms with van der Waals surface area (Å²) in [5.74, 6) is -0.142. The Hall–Kier alpha value is -0.930. The van der Waals surface area contributed by atoms with E-state index in [0.29, 0.717) is 11.5 Å². The number of likely N-dealkylation sites (tertiary alicyclic amines) is 1. The first-order valence-corrected chi connectivity index (χ1v) is 7.63. The molecule has 1 fully saturated rings. The zero-order valence-corrected chi connectivity index (χ0v) is 13.0. The zero-order valence-electron chi connectivity index (χ0n) is 13.0. The molecule has 0 aromatic heterocycles. The standard InChI is InChI=1S/C17H27FN2/c1-14(11-15-5-4-6-16(18)12-15)19-13-17(2)7-9-20(3)10-8-17/h4-6,12,14,19H,7-11,13H2,1-3H3. The van der Waals surface area contributed by atoms with Crippen LogP contribution in [0.5, 0.6) is 0 Å². The molecule has 0 radical (unpaired) electrons. The van der Waals surface area contributed by atoms with Crippen molar-refractivity contribution in [2.75, 3.05) is 26.7 Å². The molecule has 1 aliphatic heterocycles. The fourth-order valence-corrected chi connectivity index (χ4v) is 2.85. The van der Waals surface area contributed by atoms with Crippen LogP contribution in [0.25, 0.3) is 0 Å². The number of benzene rings is 1. The molecule has 2 rings (SSSR count). The molecule has 0 aliphatic carbocycles. The monoisotopic (exact) mass is 278 g/mol. The minimum Gasteiger partial charge on any atom is -0.313 e. The highest BCUT2D eigenvalue weighted by Gasteiger charge is 2.28. The quantitative estimate of drug-likeness (QED) is 0.890. The first-order chi connectivity index (χ1) is 9.47. The number of nitrogens with one attached hydrogen (secondary N) is 1. The largest absolute Gasteiger partial charge is 0.313 e. The second-order valence-electron chi connectivity index (χ2n) is 6.73. The third kappa shape index (κ3) is 4.57. The van der Waals surface area contributed by atoms with Crippen molar-refractivity contribution in [1.29, 1.82) is 0 Å². The third-order valence-electron chi connectivity index (χ3n) is 4.50. The van der Waals surface area contributed by atoms with Gasteiger partial charge in [-0.15, -0.1) is 0 Å². The maximum Gasteiger partial charge on any atom is 0.123 e. The smallest absolute Gasteiger partial charge is 0.123 e. The average molecular weight is 278 g/mol. The van der Waals surface area contributed by atoms with Crippen LogP contribution in [0.3, 0.4) is 0 Å². The number of hydrogen-bond acceptors (Lipinski definition) is 2. The lowest BCUT2D eigenvalue weighted by atomic mass is 9.80. The number of hydrogen-bond donors (Lipinski definition) is 1. The molecule has 1 unspecified atom stereocenters. The van der Waals surface area contributed by atoms with Gasteiger partial charge >= 0.3 is 0 Å². The molecule has 1 N–H and O–H groups in total. The van der Waals surface area contributed by atoms with Gasteiger partial charge in [0.2, 0.25) is 0 Å². The van der Waals surface area contributed by atoms with E-state index in [4.69, 9.17) is 0 Å². The van der Waals surface area contributed by atoms with Gasteiger partial charge in [-0.05, 0) is 69.4 Å². The van der Waals surface area contributed by atoms with Gasteiger partial charge in [-0.25, -0.2) is 4.39 Å². The molecular weight excluding hydrogens is 251 g/mol. The molecule has 0 amide bonds. The van der Waals surface area contributed by atoms with Crippen LogP contribution in [0.4, 0.5) is 4.39 Å². The number of rotatable bonds is 5. The summed E-state index contributed by atoms with van der Waals surface area (Å²) >= 11 is 0. The predicted octanol–water partition coefficient (Wildman–Crippen LogP) is 3.08. The molecule has 1 aromatic rings. The maximum absolute atomic E-state index is 13.2. The number of nitrogens with zero attached hydrogens (tertiary/aromatic N) is 1. The Morgan fingerprint density at radius 3 is 2.70 bits per heavy atom. The summed E-state index contributed by atoms with van der Waals surface area (Å²) < 4.78 is 13.2. The second kappa shape index (κ2) is 6.68. The van der Waals surface area contributed by atoms with Crippen LogP contribution in [0.2, 0.25) is 0 Å². The molecular formula is C17H27FN2. The van der Waals surface area contributed by atoms with Crippen LogP contribution in [-0.4, -0.2) is 37.6 Å². The molecule has 1 heterocycles. The summed E-state index contributed by atoms with van der Waals surface area (Å²) in [6.45, 7) is 8.00. The highest BCUT2D eigenvalue weighted by atomic mass is 19.1. The zero-order chi connectivity index (χ0) is 14.6. The Kier molecular flexibility index (Phi) is 5.17. The summed E-state index contributed by atoms with van der Waals surface area (Å²) in [5, 5.41) is 3.63. The fourth-order valence-electron chi connectivity index (χ4n) is 2.85.